The molecule has 0 radical (unpaired) electrons. The van der Waals surface area contributed by atoms with E-state index < -0.39 is 6.29 Å². The van der Waals surface area contributed by atoms with Gasteiger partial charge in [-0.2, -0.15) is 0 Å². The van der Waals surface area contributed by atoms with Crippen LogP contribution in [0.3, 0.4) is 0 Å². The Bertz CT molecular complexity index is 621. The van der Waals surface area contributed by atoms with Crippen LogP contribution < -0.4 is 9.47 Å². The molecule has 0 fully saturated rings. The molecule has 0 N–H and O–H groups in total. The molecule has 0 bridgehead atoms. The minimum atomic E-state index is -0.465. The number of fused-ring (bicyclic) bond motifs is 2. The summed E-state index contributed by atoms with van der Waals surface area (Å²) in [6.45, 7) is 3.97. The van der Waals surface area contributed by atoms with E-state index in [1.807, 2.05) is 19.1 Å². The maximum atomic E-state index is 11.7. The van der Waals surface area contributed by atoms with Crippen LogP contribution in [0.25, 0.3) is 10.1 Å². The lowest BCUT2D eigenvalue weighted by Crippen LogP contribution is -2.26. The Hall–Kier alpha value is -1.46. The van der Waals surface area contributed by atoms with Crippen molar-refractivity contribution in [3.05, 3.63) is 23.1 Å². The van der Waals surface area contributed by atoms with Crippen LogP contribution in [0, 0.1) is 0 Å². The van der Waals surface area contributed by atoms with Crippen LogP contribution in [0.5, 0.6) is 11.5 Å². The van der Waals surface area contributed by atoms with E-state index in [1.54, 1.807) is 13.0 Å². The molecule has 2 atom stereocenters. The van der Waals surface area contributed by atoms with Crippen molar-refractivity contribution in [1.82, 2.24) is 0 Å². The second-order valence-electron chi connectivity index (χ2n) is 4.45. The summed E-state index contributed by atoms with van der Waals surface area (Å²) in [5.74, 6) is 1.01. The van der Waals surface area contributed by atoms with Crippen LogP contribution in [-0.2, 0) is 4.74 Å². The van der Waals surface area contributed by atoms with Crippen molar-refractivity contribution >= 4 is 39.0 Å². The maximum absolute atomic E-state index is 11.7. The summed E-state index contributed by atoms with van der Waals surface area (Å²) in [4.78, 5) is 12.3. The molecule has 0 amide bonds. The van der Waals surface area contributed by atoms with Gasteiger partial charge in [0.1, 0.15) is 10.3 Å². The number of thiophene rings is 1. The first-order valence-corrected chi connectivity index (χ1v) is 7.56. The van der Waals surface area contributed by atoms with Gasteiger partial charge in [-0.3, -0.25) is 0 Å². The Morgan fingerprint density at radius 2 is 2.10 bits per heavy atom. The zero-order chi connectivity index (χ0) is 14.3. The van der Waals surface area contributed by atoms with Crippen molar-refractivity contribution in [2.24, 2.45) is 0 Å². The van der Waals surface area contributed by atoms with Gasteiger partial charge in [0.15, 0.2) is 11.5 Å². The number of esters is 1. The van der Waals surface area contributed by atoms with Gasteiger partial charge in [-0.25, -0.2) is 4.79 Å². The number of hydrogen-bond acceptors (Lipinski definition) is 5. The van der Waals surface area contributed by atoms with Gasteiger partial charge in [0.25, 0.3) is 6.29 Å². The van der Waals surface area contributed by atoms with Crippen LogP contribution in [-0.4, -0.2) is 24.2 Å². The van der Waals surface area contributed by atoms with E-state index in [9.17, 15) is 4.79 Å². The fourth-order valence-corrected chi connectivity index (χ4v) is 3.07. The molecule has 2 unspecified atom stereocenters. The molecule has 106 valence electrons. The lowest BCUT2D eigenvalue weighted by molar-refractivity contribution is 0.0497. The van der Waals surface area contributed by atoms with Crippen molar-refractivity contribution in [3.63, 3.8) is 0 Å². The molecule has 2 aromatic rings. The normalized spacial score (nSPS) is 18.2. The molecule has 2 heterocycles. The van der Waals surface area contributed by atoms with Crippen LogP contribution in [0.15, 0.2) is 18.2 Å². The Labute approximate surface area is 125 Å². The van der Waals surface area contributed by atoms with Crippen molar-refractivity contribution < 1.29 is 19.0 Å². The number of carbonyl (C=O) groups excluding carboxylic acids is 1. The SMILES string of the molecule is CCOC(=O)c1cc2cc3c(cc2s1)OC(C(C)Cl)O3. The molecular weight excluding hydrogens is 300 g/mol. The third kappa shape index (κ3) is 2.31. The van der Waals surface area contributed by atoms with Crippen LogP contribution >= 0.6 is 22.9 Å². The van der Waals surface area contributed by atoms with Crippen molar-refractivity contribution in [2.75, 3.05) is 6.61 Å². The molecule has 0 aliphatic carbocycles. The molecule has 1 aromatic carbocycles. The van der Waals surface area contributed by atoms with E-state index in [0.29, 0.717) is 23.0 Å². The lowest BCUT2D eigenvalue weighted by Gasteiger charge is -2.11. The monoisotopic (exact) mass is 312 g/mol. The second kappa shape index (κ2) is 5.14. The fourth-order valence-electron chi connectivity index (χ4n) is 2.00. The Kier molecular flexibility index (Phi) is 3.48. The van der Waals surface area contributed by atoms with Gasteiger partial charge >= 0.3 is 5.97 Å². The molecule has 4 nitrogen and oxygen atoms in total. The predicted octanol–water partition coefficient (Wildman–Crippen LogP) is 3.80. The van der Waals surface area contributed by atoms with Gasteiger partial charge in [-0.15, -0.1) is 22.9 Å². The molecule has 0 saturated heterocycles. The van der Waals surface area contributed by atoms with E-state index in [4.69, 9.17) is 25.8 Å². The van der Waals surface area contributed by atoms with Crippen LogP contribution in [0.1, 0.15) is 23.5 Å². The van der Waals surface area contributed by atoms with Crippen molar-refractivity contribution in [3.8, 4) is 11.5 Å². The molecule has 1 aromatic heterocycles. The molecule has 1 aliphatic rings. The highest BCUT2D eigenvalue weighted by Gasteiger charge is 2.29. The Balaban J connectivity index is 1.94. The lowest BCUT2D eigenvalue weighted by atomic mass is 10.2. The zero-order valence-electron chi connectivity index (χ0n) is 11.0. The van der Waals surface area contributed by atoms with Crippen molar-refractivity contribution in [1.29, 1.82) is 0 Å². The van der Waals surface area contributed by atoms with E-state index in [1.165, 1.54) is 11.3 Å². The smallest absolute Gasteiger partial charge is 0.348 e. The average molecular weight is 313 g/mol. The highest BCUT2D eigenvalue weighted by Crippen LogP contribution is 2.41. The number of benzene rings is 1. The quantitative estimate of drug-likeness (QED) is 0.638. The van der Waals surface area contributed by atoms with Gasteiger partial charge in [0.2, 0.25) is 0 Å². The summed E-state index contributed by atoms with van der Waals surface area (Å²) in [7, 11) is 0. The third-order valence-corrected chi connectivity index (χ3v) is 4.20. The topological polar surface area (TPSA) is 44.8 Å². The highest BCUT2D eigenvalue weighted by molar-refractivity contribution is 7.20. The molecule has 6 heteroatoms. The molecule has 3 rings (SSSR count). The second-order valence-corrected chi connectivity index (χ2v) is 6.22. The number of halogens is 1. The first-order chi connectivity index (χ1) is 9.58. The van der Waals surface area contributed by atoms with Crippen LogP contribution in [0.2, 0.25) is 0 Å². The van der Waals surface area contributed by atoms with E-state index in [2.05, 4.69) is 0 Å². The first kappa shape index (κ1) is 13.5. The largest absolute Gasteiger partial charge is 0.462 e. The summed E-state index contributed by atoms with van der Waals surface area (Å²) in [5.41, 5.74) is 0. The molecule has 20 heavy (non-hydrogen) atoms. The molecule has 0 spiro atoms. The molecule has 1 aliphatic heterocycles. The van der Waals surface area contributed by atoms with E-state index >= 15 is 0 Å². The van der Waals surface area contributed by atoms with Gasteiger partial charge in [-0.05, 0) is 31.4 Å². The average Bonchev–Trinajstić information content (AvgIpc) is 2.98. The van der Waals surface area contributed by atoms with E-state index in [0.717, 1.165) is 10.1 Å². The number of alkyl halides is 1. The minimum absolute atomic E-state index is 0.240. The fraction of sp³-hybridized carbons (Fsp3) is 0.357. The summed E-state index contributed by atoms with van der Waals surface area (Å²) in [6.07, 6.45) is -0.465. The standard InChI is InChI=1S/C14H13ClO4S/c1-3-17-13(16)12-5-8-4-9-10(6-11(8)20-12)19-14(18-9)7(2)15/h4-7,14H,3H2,1-2H3. The van der Waals surface area contributed by atoms with Gasteiger partial charge in [0.05, 0.1) is 6.61 Å². The summed E-state index contributed by atoms with van der Waals surface area (Å²) in [5, 5.41) is 0.693. The Morgan fingerprint density at radius 1 is 1.40 bits per heavy atom. The summed E-state index contributed by atoms with van der Waals surface area (Å²) in [6, 6.07) is 5.54. The first-order valence-electron chi connectivity index (χ1n) is 6.30. The van der Waals surface area contributed by atoms with Crippen molar-refractivity contribution in [2.45, 2.75) is 25.5 Å². The van der Waals surface area contributed by atoms with Gasteiger partial charge in [-0.1, -0.05) is 0 Å². The van der Waals surface area contributed by atoms with Gasteiger partial charge < -0.3 is 14.2 Å². The molecular formula is C14H13ClO4S. The summed E-state index contributed by atoms with van der Waals surface area (Å²) >= 11 is 7.35. The van der Waals surface area contributed by atoms with Crippen LogP contribution in [0.4, 0.5) is 0 Å². The third-order valence-electron chi connectivity index (χ3n) is 2.92. The number of ether oxygens (including phenoxy) is 3. The Morgan fingerprint density at radius 3 is 2.75 bits per heavy atom. The highest BCUT2D eigenvalue weighted by atomic mass is 35.5. The number of hydrogen-bond donors (Lipinski definition) is 0. The maximum Gasteiger partial charge on any atom is 0.348 e. The summed E-state index contributed by atoms with van der Waals surface area (Å²) < 4.78 is 17.2. The number of rotatable bonds is 3. The minimum Gasteiger partial charge on any atom is -0.462 e. The predicted molar refractivity (Wildman–Crippen MR) is 78.1 cm³/mol. The zero-order valence-corrected chi connectivity index (χ0v) is 12.6. The molecule has 0 saturated carbocycles. The van der Waals surface area contributed by atoms with Gasteiger partial charge in [0, 0.05) is 10.8 Å². The van der Waals surface area contributed by atoms with E-state index in [-0.39, 0.29) is 11.3 Å². The number of carbonyl (C=O) groups is 1.